The van der Waals surface area contributed by atoms with Gasteiger partial charge in [-0.1, -0.05) is 18.2 Å². The van der Waals surface area contributed by atoms with E-state index in [-0.39, 0.29) is 17.0 Å². The van der Waals surface area contributed by atoms with Gasteiger partial charge in [-0.25, -0.2) is 4.79 Å². The molecule has 1 atom stereocenters. The van der Waals surface area contributed by atoms with E-state index in [2.05, 4.69) is 0 Å². The Bertz CT molecular complexity index is 824. The normalized spacial score (nSPS) is 17.9. The van der Waals surface area contributed by atoms with E-state index in [1.807, 2.05) is 0 Å². The van der Waals surface area contributed by atoms with Gasteiger partial charge >= 0.3 is 5.97 Å². The summed E-state index contributed by atoms with van der Waals surface area (Å²) >= 11 is 0. The number of rotatable bonds is 2. The number of pyridine rings is 1. The Labute approximate surface area is 126 Å². The van der Waals surface area contributed by atoms with E-state index in [0.29, 0.717) is 30.3 Å². The van der Waals surface area contributed by atoms with Crippen LogP contribution in [0.4, 0.5) is 0 Å². The van der Waals surface area contributed by atoms with Gasteiger partial charge in [0, 0.05) is 25.0 Å². The fraction of sp³-hybridized carbons (Fsp3) is 0.312. The molecule has 1 aliphatic rings. The number of fused-ring (bicyclic) bond motifs is 1. The number of amides is 1. The van der Waals surface area contributed by atoms with Gasteiger partial charge in [-0.3, -0.25) is 9.59 Å². The van der Waals surface area contributed by atoms with E-state index in [4.69, 9.17) is 0 Å². The first-order chi connectivity index (χ1) is 10.5. The fourth-order valence-corrected chi connectivity index (χ4v) is 3.01. The molecule has 1 aliphatic heterocycles. The second-order valence-electron chi connectivity index (χ2n) is 5.47. The quantitative estimate of drug-likeness (QED) is 0.904. The summed E-state index contributed by atoms with van der Waals surface area (Å²) in [5.74, 6) is -1.39. The molecular weight excluding hydrogens is 284 g/mol. The number of para-hydroxylation sites is 1. The van der Waals surface area contributed by atoms with Crippen molar-refractivity contribution in [1.29, 1.82) is 0 Å². The first-order valence-electron chi connectivity index (χ1n) is 7.13. The molecule has 0 spiro atoms. The molecule has 1 fully saturated rings. The number of hydrogen-bond acceptors (Lipinski definition) is 3. The zero-order valence-corrected chi connectivity index (χ0v) is 12.2. The number of aliphatic carboxylic acids is 1. The van der Waals surface area contributed by atoms with Crippen molar-refractivity contribution in [3.8, 4) is 0 Å². The lowest BCUT2D eigenvalue weighted by Crippen LogP contribution is -2.41. The van der Waals surface area contributed by atoms with Crippen LogP contribution in [-0.4, -0.2) is 39.0 Å². The number of carbonyl (C=O) groups is 2. The highest BCUT2D eigenvalue weighted by Gasteiger charge is 2.35. The second kappa shape index (κ2) is 5.29. The third-order valence-corrected chi connectivity index (χ3v) is 4.18. The smallest absolute Gasteiger partial charge is 0.326 e. The van der Waals surface area contributed by atoms with Gasteiger partial charge in [0.2, 0.25) is 0 Å². The molecular formula is C16H16N2O4. The van der Waals surface area contributed by atoms with E-state index >= 15 is 0 Å². The molecule has 1 N–H and O–H groups in total. The Morgan fingerprint density at radius 1 is 1.27 bits per heavy atom. The molecule has 22 heavy (non-hydrogen) atoms. The van der Waals surface area contributed by atoms with Crippen molar-refractivity contribution in [3.05, 3.63) is 46.2 Å². The number of benzene rings is 1. The van der Waals surface area contributed by atoms with Crippen LogP contribution in [0.15, 0.2) is 35.1 Å². The molecule has 6 heteroatoms. The topological polar surface area (TPSA) is 79.6 Å². The number of carbonyl (C=O) groups excluding carboxylic acids is 1. The highest BCUT2D eigenvalue weighted by Crippen LogP contribution is 2.23. The van der Waals surface area contributed by atoms with E-state index in [0.717, 1.165) is 0 Å². The molecule has 1 aromatic carbocycles. The van der Waals surface area contributed by atoms with Gasteiger partial charge in [0.15, 0.2) is 0 Å². The average Bonchev–Trinajstić information content (AvgIpc) is 3.00. The van der Waals surface area contributed by atoms with Crippen LogP contribution in [0.1, 0.15) is 23.2 Å². The summed E-state index contributed by atoms with van der Waals surface area (Å²) < 4.78 is 1.48. The predicted octanol–water partition coefficient (Wildman–Crippen LogP) is 1.23. The third kappa shape index (κ3) is 2.16. The zero-order valence-electron chi connectivity index (χ0n) is 12.2. The molecule has 2 aromatic rings. The van der Waals surface area contributed by atoms with Gasteiger partial charge in [0.25, 0.3) is 11.5 Å². The number of carboxylic acids is 1. The van der Waals surface area contributed by atoms with E-state index in [1.54, 1.807) is 31.3 Å². The van der Waals surface area contributed by atoms with Crippen molar-refractivity contribution in [2.75, 3.05) is 6.54 Å². The molecule has 1 saturated heterocycles. The van der Waals surface area contributed by atoms with E-state index in [1.165, 1.54) is 15.5 Å². The first-order valence-corrected chi connectivity index (χ1v) is 7.13. The number of aromatic nitrogens is 1. The summed E-state index contributed by atoms with van der Waals surface area (Å²) in [6, 6.07) is 7.62. The summed E-state index contributed by atoms with van der Waals surface area (Å²) in [6.45, 7) is 0.402. The lowest BCUT2D eigenvalue weighted by Gasteiger charge is -2.22. The summed E-state index contributed by atoms with van der Waals surface area (Å²) in [7, 11) is 1.65. The highest BCUT2D eigenvalue weighted by molar-refractivity contribution is 6.07. The Morgan fingerprint density at radius 3 is 2.73 bits per heavy atom. The van der Waals surface area contributed by atoms with Gasteiger partial charge in [0.1, 0.15) is 6.04 Å². The van der Waals surface area contributed by atoms with Gasteiger partial charge in [-0.05, 0) is 18.9 Å². The Kier molecular flexibility index (Phi) is 3.44. The minimum absolute atomic E-state index is 0.270. The maximum absolute atomic E-state index is 12.8. The summed E-state index contributed by atoms with van der Waals surface area (Å²) in [4.78, 5) is 37.4. The fourth-order valence-electron chi connectivity index (χ4n) is 3.01. The lowest BCUT2D eigenvalue weighted by molar-refractivity contribution is -0.141. The maximum atomic E-state index is 12.8. The molecule has 1 aromatic heterocycles. The van der Waals surface area contributed by atoms with Crippen LogP contribution in [-0.2, 0) is 11.8 Å². The molecule has 1 amide bonds. The maximum Gasteiger partial charge on any atom is 0.326 e. The largest absolute Gasteiger partial charge is 0.480 e. The standard InChI is InChI=1S/C16H16N2O4/c1-17-12-6-3-2-5-10(12)11(9-14(17)19)15(20)18-8-4-7-13(18)16(21)22/h2-3,5-6,9,13H,4,7-8H2,1H3,(H,21,22). The van der Waals surface area contributed by atoms with Crippen LogP contribution in [0, 0.1) is 0 Å². The van der Waals surface area contributed by atoms with Crippen LogP contribution < -0.4 is 5.56 Å². The summed E-state index contributed by atoms with van der Waals surface area (Å²) in [5, 5.41) is 9.89. The van der Waals surface area contributed by atoms with Gasteiger partial charge in [-0.15, -0.1) is 0 Å². The third-order valence-electron chi connectivity index (χ3n) is 4.18. The van der Waals surface area contributed by atoms with Crippen LogP contribution in [0.25, 0.3) is 10.9 Å². The predicted molar refractivity (Wildman–Crippen MR) is 80.9 cm³/mol. The zero-order chi connectivity index (χ0) is 15.9. The molecule has 2 heterocycles. The summed E-state index contributed by atoms with van der Waals surface area (Å²) in [6.07, 6.45) is 1.11. The molecule has 0 bridgehead atoms. The number of aryl methyl sites for hydroxylation is 1. The molecule has 1 unspecified atom stereocenters. The van der Waals surface area contributed by atoms with Crippen molar-refractivity contribution in [3.63, 3.8) is 0 Å². The Hall–Kier alpha value is -2.63. The molecule has 114 valence electrons. The monoisotopic (exact) mass is 300 g/mol. The highest BCUT2D eigenvalue weighted by atomic mass is 16.4. The molecule has 0 aliphatic carbocycles. The average molecular weight is 300 g/mol. The van der Waals surface area contributed by atoms with Crippen molar-refractivity contribution in [1.82, 2.24) is 9.47 Å². The SMILES string of the molecule is Cn1c(=O)cc(C(=O)N2CCCC2C(=O)O)c2ccccc21. The Morgan fingerprint density at radius 2 is 2.00 bits per heavy atom. The van der Waals surface area contributed by atoms with Gasteiger partial charge in [-0.2, -0.15) is 0 Å². The number of carboxylic acid groups (broad SMARTS) is 1. The van der Waals surface area contributed by atoms with Crippen LogP contribution in [0.5, 0.6) is 0 Å². The minimum atomic E-state index is -1.00. The Balaban J connectivity index is 2.14. The minimum Gasteiger partial charge on any atom is -0.480 e. The molecule has 0 radical (unpaired) electrons. The number of hydrogen-bond donors (Lipinski definition) is 1. The van der Waals surface area contributed by atoms with Crippen molar-refractivity contribution in [2.45, 2.75) is 18.9 Å². The van der Waals surface area contributed by atoms with E-state index < -0.39 is 12.0 Å². The molecule has 0 saturated carbocycles. The molecule has 6 nitrogen and oxygen atoms in total. The van der Waals surface area contributed by atoms with Crippen LogP contribution in [0.2, 0.25) is 0 Å². The first kappa shape index (κ1) is 14.3. The van der Waals surface area contributed by atoms with Crippen LogP contribution in [0.3, 0.4) is 0 Å². The van der Waals surface area contributed by atoms with Crippen LogP contribution >= 0.6 is 0 Å². The van der Waals surface area contributed by atoms with E-state index in [9.17, 15) is 19.5 Å². The van der Waals surface area contributed by atoms with Gasteiger partial charge in [0.05, 0.1) is 11.1 Å². The van der Waals surface area contributed by atoms with Crippen molar-refractivity contribution < 1.29 is 14.7 Å². The van der Waals surface area contributed by atoms with Gasteiger partial charge < -0.3 is 14.6 Å². The lowest BCUT2D eigenvalue weighted by atomic mass is 10.1. The summed E-state index contributed by atoms with van der Waals surface area (Å²) in [5.41, 5.74) is 0.643. The molecule has 3 rings (SSSR count). The number of likely N-dealkylation sites (tertiary alicyclic amines) is 1. The van der Waals surface area contributed by atoms with Crippen molar-refractivity contribution >= 4 is 22.8 Å². The second-order valence-corrected chi connectivity index (χ2v) is 5.47. The number of nitrogens with zero attached hydrogens (tertiary/aromatic N) is 2. The van der Waals surface area contributed by atoms with Crippen molar-refractivity contribution in [2.24, 2.45) is 7.05 Å².